The van der Waals surface area contributed by atoms with Gasteiger partial charge in [0.1, 0.15) is 12.4 Å². The minimum absolute atomic E-state index is 0.144. The Labute approximate surface area is 136 Å². The summed E-state index contributed by atoms with van der Waals surface area (Å²) in [5.74, 6) is 0.735. The lowest BCUT2D eigenvalue weighted by molar-refractivity contribution is -0.111. The summed E-state index contributed by atoms with van der Waals surface area (Å²) in [5, 5.41) is 2.86. The van der Waals surface area contributed by atoms with E-state index in [1.807, 2.05) is 54.6 Å². The fourth-order valence-corrected chi connectivity index (χ4v) is 2.42. The Morgan fingerprint density at radius 3 is 2.74 bits per heavy atom. The number of ether oxygens (including phenoxy) is 1. The first-order chi connectivity index (χ1) is 11.2. The Hall–Kier alpha value is -2.81. The standard InChI is InChI=1S/C20H19NO2/c1-2-15-7-10-18(11-8-15)21-20(22)12-9-16-13-17-5-3-4-6-19(17)23-14-16/h3-13H,2,14H2,1H3,(H,21,22)/b12-9-. The van der Waals surface area contributed by atoms with E-state index in [0.29, 0.717) is 6.61 Å². The molecule has 1 amide bonds. The summed E-state index contributed by atoms with van der Waals surface area (Å²) in [7, 11) is 0. The van der Waals surface area contributed by atoms with Gasteiger partial charge in [0, 0.05) is 17.3 Å². The second kappa shape index (κ2) is 6.97. The molecule has 0 fully saturated rings. The monoisotopic (exact) mass is 305 g/mol. The summed E-state index contributed by atoms with van der Waals surface area (Å²) in [6, 6.07) is 15.7. The second-order valence-corrected chi connectivity index (χ2v) is 5.42. The summed E-state index contributed by atoms with van der Waals surface area (Å²) in [4.78, 5) is 12.0. The van der Waals surface area contributed by atoms with Crippen molar-refractivity contribution in [1.82, 2.24) is 0 Å². The van der Waals surface area contributed by atoms with Crippen molar-refractivity contribution in [3.05, 3.63) is 77.4 Å². The van der Waals surface area contributed by atoms with E-state index in [4.69, 9.17) is 4.74 Å². The maximum Gasteiger partial charge on any atom is 0.248 e. The maximum atomic E-state index is 12.0. The lowest BCUT2D eigenvalue weighted by Crippen LogP contribution is -2.09. The van der Waals surface area contributed by atoms with E-state index in [1.165, 1.54) is 11.6 Å². The smallest absolute Gasteiger partial charge is 0.248 e. The van der Waals surface area contributed by atoms with Gasteiger partial charge >= 0.3 is 0 Å². The molecule has 1 aliphatic heterocycles. The SMILES string of the molecule is CCc1ccc(NC(=O)/C=C\C2=Cc3ccccc3OC2)cc1. The van der Waals surface area contributed by atoms with Crippen LogP contribution in [0.4, 0.5) is 5.69 Å². The van der Waals surface area contributed by atoms with Crippen LogP contribution in [0.5, 0.6) is 5.75 Å². The van der Waals surface area contributed by atoms with Crippen LogP contribution in [0.2, 0.25) is 0 Å². The van der Waals surface area contributed by atoms with Crippen molar-refractivity contribution in [2.24, 2.45) is 0 Å². The van der Waals surface area contributed by atoms with Crippen LogP contribution in [0, 0.1) is 0 Å². The topological polar surface area (TPSA) is 38.3 Å². The lowest BCUT2D eigenvalue weighted by atomic mass is 10.1. The van der Waals surface area contributed by atoms with Gasteiger partial charge in [-0.05, 0) is 41.8 Å². The van der Waals surface area contributed by atoms with E-state index in [-0.39, 0.29) is 5.91 Å². The molecule has 0 unspecified atom stereocenters. The molecule has 1 heterocycles. The molecule has 0 saturated heterocycles. The third-order valence-electron chi connectivity index (χ3n) is 3.73. The largest absolute Gasteiger partial charge is 0.488 e. The van der Waals surface area contributed by atoms with Gasteiger partial charge in [-0.3, -0.25) is 4.79 Å². The average molecular weight is 305 g/mol. The molecule has 0 spiro atoms. The fraction of sp³-hybridized carbons (Fsp3) is 0.150. The van der Waals surface area contributed by atoms with E-state index in [0.717, 1.165) is 29.0 Å². The van der Waals surface area contributed by atoms with E-state index >= 15 is 0 Å². The Morgan fingerprint density at radius 2 is 1.96 bits per heavy atom. The molecule has 0 aliphatic carbocycles. The number of benzene rings is 2. The van der Waals surface area contributed by atoms with Crippen molar-refractivity contribution in [2.75, 3.05) is 11.9 Å². The van der Waals surface area contributed by atoms with Gasteiger partial charge in [-0.1, -0.05) is 43.3 Å². The zero-order valence-corrected chi connectivity index (χ0v) is 13.1. The normalized spacial score (nSPS) is 13.2. The van der Waals surface area contributed by atoms with Gasteiger partial charge in [-0.2, -0.15) is 0 Å². The van der Waals surface area contributed by atoms with Crippen LogP contribution in [0.1, 0.15) is 18.1 Å². The van der Waals surface area contributed by atoms with Crippen LogP contribution < -0.4 is 10.1 Å². The highest BCUT2D eigenvalue weighted by Gasteiger charge is 2.08. The van der Waals surface area contributed by atoms with Crippen LogP contribution >= 0.6 is 0 Å². The highest BCUT2D eigenvalue weighted by Crippen LogP contribution is 2.25. The van der Waals surface area contributed by atoms with Crippen LogP contribution in [-0.4, -0.2) is 12.5 Å². The van der Waals surface area contributed by atoms with E-state index in [1.54, 1.807) is 6.08 Å². The molecule has 0 bridgehead atoms. The lowest BCUT2D eigenvalue weighted by Gasteiger charge is -2.15. The Kier molecular flexibility index (Phi) is 4.57. The van der Waals surface area contributed by atoms with Crippen molar-refractivity contribution < 1.29 is 9.53 Å². The zero-order chi connectivity index (χ0) is 16.1. The Morgan fingerprint density at radius 1 is 1.17 bits per heavy atom. The molecule has 23 heavy (non-hydrogen) atoms. The third kappa shape index (κ3) is 3.89. The van der Waals surface area contributed by atoms with Crippen molar-refractivity contribution in [1.29, 1.82) is 0 Å². The molecule has 3 nitrogen and oxygen atoms in total. The van der Waals surface area contributed by atoms with Crippen LogP contribution in [0.25, 0.3) is 6.08 Å². The predicted molar refractivity (Wildman–Crippen MR) is 93.5 cm³/mol. The van der Waals surface area contributed by atoms with E-state index in [9.17, 15) is 4.79 Å². The number of carbonyl (C=O) groups excluding carboxylic acids is 1. The molecule has 1 N–H and O–H groups in total. The van der Waals surface area contributed by atoms with Gasteiger partial charge in [-0.15, -0.1) is 0 Å². The quantitative estimate of drug-likeness (QED) is 0.859. The van der Waals surface area contributed by atoms with Gasteiger partial charge in [0.15, 0.2) is 0 Å². The number of hydrogen-bond acceptors (Lipinski definition) is 2. The highest BCUT2D eigenvalue weighted by atomic mass is 16.5. The number of para-hydroxylation sites is 1. The first kappa shape index (κ1) is 15.1. The highest BCUT2D eigenvalue weighted by molar-refractivity contribution is 5.99. The molecule has 0 radical (unpaired) electrons. The van der Waals surface area contributed by atoms with Crippen molar-refractivity contribution in [3.63, 3.8) is 0 Å². The molecule has 3 rings (SSSR count). The number of carbonyl (C=O) groups is 1. The number of aryl methyl sites for hydroxylation is 1. The number of fused-ring (bicyclic) bond motifs is 1. The second-order valence-electron chi connectivity index (χ2n) is 5.42. The maximum absolute atomic E-state index is 12.0. The first-order valence-corrected chi connectivity index (χ1v) is 7.75. The Balaban J connectivity index is 1.63. The molecule has 2 aromatic carbocycles. The molecule has 116 valence electrons. The minimum Gasteiger partial charge on any atom is -0.488 e. The van der Waals surface area contributed by atoms with Crippen LogP contribution in [0.15, 0.2) is 66.3 Å². The molecule has 2 aromatic rings. The summed E-state index contributed by atoms with van der Waals surface area (Å²) in [6.07, 6.45) is 6.37. The molecule has 1 aliphatic rings. The van der Waals surface area contributed by atoms with E-state index < -0.39 is 0 Å². The summed E-state index contributed by atoms with van der Waals surface area (Å²) >= 11 is 0. The van der Waals surface area contributed by atoms with Crippen molar-refractivity contribution >= 4 is 17.7 Å². The molecular formula is C20H19NO2. The summed E-state index contributed by atoms with van der Waals surface area (Å²) < 4.78 is 5.66. The number of hydrogen-bond donors (Lipinski definition) is 1. The predicted octanol–water partition coefficient (Wildman–Crippen LogP) is 4.22. The number of amides is 1. The molecule has 3 heteroatoms. The van der Waals surface area contributed by atoms with Gasteiger partial charge in [0.05, 0.1) is 0 Å². The Bertz CT molecular complexity index is 757. The van der Waals surface area contributed by atoms with Crippen molar-refractivity contribution in [2.45, 2.75) is 13.3 Å². The number of anilines is 1. The summed E-state index contributed by atoms with van der Waals surface area (Å²) in [6.45, 7) is 2.58. The van der Waals surface area contributed by atoms with Gasteiger partial charge < -0.3 is 10.1 Å². The van der Waals surface area contributed by atoms with Crippen LogP contribution in [0.3, 0.4) is 0 Å². The van der Waals surface area contributed by atoms with Gasteiger partial charge in [-0.25, -0.2) is 0 Å². The summed E-state index contributed by atoms with van der Waals surface area (Å²) in [5.41, 5.74) is 4.06. The van der Waals surface area contributed by atoms with E-state index in [2.05, 4.69) is 12.2 Å². The molecular weight excluding hydrogens is 286 g/mol. The molecule has 0 aromatic heterocycles. The fourth-order valence-electron chi connectivity index (χ4n) is 2.42. The molecule has 0 saturated carbocycles. The minimum atomic E-state index is -0.144. The zero-order valence-electron chi connectivity index (χ0n) is 13.1. The third-order valence-corrected chi connectivity index (χ3v) is 3.73. The average Bonchev–Trinajstić information content (AvgIpc) is 2.60. The first-order valence-electron chi connectivity index (χ1n) is 7.75. The van der Waals surface area contributed by atoms with Gasteiger partial charge in [0.25, 0.3) is 0 Å². The number of rotatable bonds is 4. The van der Waals surface area contributed by atoms with Crippen LogP contribution in [-0.2, 0) is 11.2 Å². The molecule has 0 atom stereocenters. The van der Waals surface area contributed by atoms with Crippen molar-refractivity contribution in [3.8, 4) is 5.75 Å². The number of nitrogens with one attached hydrogen (secondary N) is 1. The van der Waals surface area contributed by atoms with Gasteiger partial charge in [0.2, 0.25) is 5.91 Å².